The molecular formula is C17H23NO3. The van der Waals surface area contributed by atoms with Gasteiger partial charge in [0.2, 0.25) is 5.91 Å². The van der Waals surface area contributed by atoms with E-state index in [9.17, 15) is 9.59 Å². The molecule has 1 aromatic carbocycles. The van der Waals surface area contributed by atoms with Gasteiger partial charge in [-0.05, 0) is 30.9 Å². The first-order valence-electron chi connectivity index (χ1n) is 7.22. The summed E-state index contributed by atoms with van der Waals surface area (Å²) in [5.74, 6) is -0.259. The van der Waals surface area contributed by atoms with Crippen molar-refractivity contribution in [3.05, 3.63) is 42.0 Å². The van der Waals surface area contributed by atoms with Gasteiger partial charge in [0.15, 0.2) is 0 Å². The highest BCUT2D eigenvalue weighted by molar-refractivity contribution is 5.94. The molecule has 0 aliphatic rings. The Kier molecular flexibility index (Phi) is 7.87. The molecule has 21 heavy (non-hydrogen) atoms. The number of allylic oxidation sites excluding steroid dienone is 1. The van der Waals surface area contributed by atoms with E-state index >= 15 is 0 Å². The molecule has 0 atom stereocenters. The van der Waals surface area contributed by atoms with Crippen LogP contribution in [-0.2, 0) is 14.3 Å². The molecule has 0 saturated heterocycles. The summed E-state index contributed by atoms with van der Waals surface area (Å²) < 4.78 is 4.56. The number of carbonyl (C=O) groups is 2. The summed E-state index contributed by atoms with van der Waals surface area (Å²) in [6, 6.07) is 9.81. The van der Waals surface area contributed by atoms with Crippen LogP contribution >= 0.6 is 0 Å². The van der Waals surface area contributed by atoms with Crippen LogP contribution in [0, 0.1) is 0 Å². The highest BCUT2D eigenvalue weighted by Gasteiger charge is 2.01. The lowest BCUT2D eigenvalue weighted by atomic mass is 10.1. The first-order chi connectivity index (χ1) is 10.1. The van der Waals surface area contributed by atoms with Crippen molar-refractivity contribution in [3.63, 3.8) is 0 Å². The summed E-state index contributed by atoms with van der Waals surface area (Å²) >= 11 is 0. The molecule has 0 spiro atoms. The zero-order valence-corrected chi connectivity index (χ0v) is 12.7. The van der Waals surface area contributed by atoms with E-state index in [1.165, 1.54) is 7.11 Å². The molecule has 0 saturated carbocycles. The summed E-state index contributed by atoms with van der Waals surface area (Å²) in [4.78, 5) is 22.7. The predicted molar refractivity (Wildman–Crippen MR) is 83.6 cm³/mol. The Morgan fingerprint density at radius 3 is 2.52 bits per heavy atom. The number of carbonyl (C=O) groups excluding carboxylic acids is 2. The molecule has 0 aliphatic heterocycles. The summed E-state index contributed by atoms with van der Waals surface area (Å²) in [7, 11) is 1.39. The number of benzene rings is 1. The molecule has 1 aromatic rings. The molecule has 4 nitrogen and oxygen atoms in total. The molecule has 1 N–H and O–H groups in total. The number of unbranched alkanes of at least 4 members (excludes halogenated alkanes) is 2. The van der Waals surface area contributed by atoms with Gasteiger partial charge in [-0.2, -0.15) is 0 Å². The number of hydrogen-bond donors (Lipinski definition) is 1. The van der Waals surface area contributed by atoms with E-state index in [1.807, 2.05) is 37.3 Å². The summed E-state index contributed by atoms with van der Waals surface area (Å²) in [5, 5.41) is 2.85. The van der Waals surface area contributed by atoms with Crippen LogP contribution in [0.5, 0.6) is 0 Å². The topological polar surface area (TPSA) is 55.4 Å². The van der Waals surface area contributed by atoms with Gasteiger partial charge >= 0.3 is 5.97 Å². The number of hydrogen-bond acceptors (Lipinski definition) is 3. The Hall–Kier alpha value is -2.10. The molecule has 0 aliphatic carbocycles. The minimum absolute atomic E-state index is 0.0793. The molecule has 0 radical (unpaired) electrons. The van der Waals surface area contributed by atoms with Crippen LogP contribution in [0.2, 0.25) is 0 Å². The smallest absolute Gasteiger partial charge is 0.305 e. The number of amides is 1. The minimum atomic E-state index is -0.180. The van der Waals surface area contributed by atoms with Gasteiger partial charge in [-0.25, -0.2) is 0 Å². The second-order valence-corrected chi connectivity index (χ2v) is 4.87. The van der Waals surface area contributed by atoms with Crippen LogP contribution in [0.25, 0.3) is 5.57 Å². The minimum Gasteiger partial charge on any atom is -0.469 e. The number of methoxy groups -OCH3 is 1. The standard InChI is InChI=1S/C17H23NO3/c1-14(15-9-5-3-6-10-15)13-16(19)18-12-8-4-7-11-17(20)21-2/h3,5-6,9-10,13H,4,7-8,11-12H2,1-2H3,(H,18,19)/b14-13-. The first kappa shape index (κ1) is 17.0. The third-order valence-electron chi connectivity index (χ3n) is 3.16. The summed E-state index contributed by atoms with van der Waals surface area (Å²) in [6.07, 6.45) is 4.61. The molecule has 0 unspecified atom stereocenters. The zero-order chi connectivity index (χ0) is 15.5. The van der Waals surface area contributed by atoms with E-state index in [2.05, 4.69) is 10.1 Å². The van der Waals surface area contributed by atoms with E-state index in [0.717, 1.165) is 30.4 Å². The van der Waals surface area contributed by atoms with Crippen LogP contribution in [0.4, 0.5) is 0 Å². The van der Waals surface area contributed by atoms with E-state index in [1.54, 1.807) is 6.08 Å². The largest absolute Gasteiger partial charge is 0.469 e. The molecule has 114 valence electrons. The van der Waals surface area contributed by atoms with E-state index in [-0.39, 0.29) is 11.9 Å². The average Bonchev–Trinajstić information content (AvgIpc) is 2.51. The van der Waals surface area contributed by atoms with Gasteiger partial charge in [-0.1, -0.05) is 36.8 Å². The molecule has 4 heteroatoms. The van der Waals surface area contributed by atoms with Gasteiger partial charge in [0.05, 0.1) is 7.11 Å². The predicted octanol–water partition coefficient (Wildman–Crippen LogP) is 2.94. The highest BCUT2D eigenvalue weighted by Crippen LogP contribution is 2.12. The van der Waals surface area contributed by atoms with Crippen LogP contribution < -0.4 is 5.32 Å². The lowest BCUT2D eigenvalue weighted by Gasteiger charge is -2.04. The van der Waals surface area contributed by atoms with Crippen molar-refractivity contribution in [1.29, 1.82) is 0 Å². The van der Waals surface area contributed by atoms with Crippen LogP contribution in [-0.4, -0.2) is 25.5 Å². The van der Waals surface area contributed by atoms with Gasteiger partial charge in [0.25, 0.3) is 0 Å². The van der Waals surface area contributed by atoms with E-state index < -0.39 is 0 Å². The Bertz CT molecular complexity index is 480. The molecule has 0 heterocycles. The Labute approximate surface area is 126 Å². The molecule has 0 aromatic heterocycles. The summed E-state index contributed by atoms with van der Waals surface area (Å²) in [6.45, 7) is 2.55. The van der Waals surface area contributed by atoms with Crippen LogP contribution in [0.15, 0.2) is 36.4 Å². The Balaban J connectivity index is 2.21. The fraction of sp³-hybridized carbons (Fsp3) is 0.412. The van der Waals surface area contributed by atoms with E-state index in [4.69, 9.17) is 0 Å². The monoisotopic (exact) mass is 289 g/mol. The van der Waals surface area contributed by atoms with Crippen molar-refractivity contribution < 1.29 is 14.3 Å². The van der Waals surface area contributed by atoms with Gasteiger partial charge in [0.1, 0.15) is 0 Å². The van der Waals surface area contributed by atoms with Crippen molar-refractivity contribution in [1.82, 2.24) is 5.32 Å². The zero-order valence-electron chi connectivity index (χ0n) is 12.7. The highest BCUT2D eigenvalue weighted by atomic mass is 16.5. The fourth-order valence-electron chi connectivity index (χ4n) is 1.92. The van der Waals surface area contributed by atoms with Crippen molar-refractivity contribution in [3.8, 4) is 0 Å². The average molecular weight is 289 g/mol. The van der Waals surface area contributed by atoms with Crippen molar-refractivity contribution in [2.24, 2.45) is 0 Å². The Morgan fingerprint density at radius 1 is 1.14 bits per heavy atom. The molecule has 1 rings (SSSR count). The molecular weight excluding hydrogens is 266 g/mol. The molecule has 0 bridgehead atoms. The quantitative estimate of drug-likeness (QED) is 0.455. The van der Waals surface area contributed by atoms with Crippen molar-refractivity contribution in [2.45, 2.75) is 32.6 Å². The van der Waals surface area contributed by atoms with Gasteiger partial charge < -0.3 is 10.1 Å². The van der Waals surface area contributed by atoms with Crippen LogP contribution in [0.1, 0.15) is 38.2 Å². The number of esters is 1. The fourth-order valence-corrected chi connectivity index (χ4v) is 1.92. The number of ether oxygens (including phenoxy) is 1. The van der Waals surface area contributed by atoms with Gasteiger partial charge in [-0.15, -0.1) is 0 Å². The third kappa shape index (κ3) is 7.30. The van der Waals surface area contributed by atoms with Crippen molar-refractivity contribution >= 4 is 17.4 Å². The normalized spacial score (nSPS) is 11.0. The van der Waals surface area contributed by atoms with Crippen molar-refractivity contribution in [2.75, 3.05) is 13.7 Å². The second-order valence-electron chi connectivity index (χ2n) is 4.87. The third-order valence-corrected chi connectivity index (χ3v) is 3.16. The maximum absolute atomic E-state index is 11.8. The van der Waals surface area contributed by atoms with Gasteiger partial charge in [0, 0.05) is 19.0 Å². The number of nitrogens with one attached hydrogen (secondary N) is 1. The van der Waals surface area contributed by atoms with E-state index in [0.29, 0.717) is 13.0 Å². The number of rotatable bonds is 8. The second kappa shape index (κ2) is 9.75. The molecule has 1 amide bonds. The Morgan fingerprint density at radius 2 is 1.86 bits per heavy atom. The SMILES string of the molecule is COC(=O)CCCCCNC(=O)/C=C(/C)c1ccccc1. The van der Waals surface area contributed by atoms with Crippen LogP contribution in [0.3, 0.4) is 0 Å². The lowest BCUT2D eigenvalue weighted by Crippen LogP contribution is -2.22. The molecule has 0 fully saturated rings. The first-order valence-corrected chi connectivity index (χ1v) is 7.22. The lowest BCUT2D eigenvalue weighted by molar-refractivity contribution is -0.140. The maximum Gasteiger partial charge on any atom is 0.305 e. The van der Waals surface area contributed by atoms with Gasteiger partial charge in [-0.3, -0.25) is 9.59 Å². The summed E-state index contributed by atoms with van der Waals surface area (Å²) in [5.41, 5.74) is 1.99. The maximum atomic E-state index is 11.8.